The van der Waals surface area contributed by atoms with Crippen LogP contribution in [0.4, 0.5) is 0 Å². The molecule has 0 fully saturated rings. The molecule has 0 saturated heterocycles. The van der Waals surface area contributed by atoms with Crippen LogP contribution >= 0.6 is 24.0 Å². The highest BCUT2D eigenvalue weighted by molar-refractivity contribution is 14.0. The van der Waals surface area contributed by atoms with E-state index in [4.69, 9.17) is 0 Å². The Morgan fingerprint density at radius 1 is 1.16 bits per heavy atom. The second-order valence-corrected chi connectivity index (χ2v) is 6.24. The zero-order valence-corrected chi connectivity index (χ0v) is 17.1. The molecule has 2 aromatic rings. The van der Waals surface area contributed by atoms with E-state index in [1.807, 2.05) is 25.4 Å². The fraction of sp³-hybridized carbons (Fsp3) is 0.400. The zero-order chi connectivity index (χ0) is 16.6. The number of fused-ring (bicyclic) bond motifs is 1. The van der Waals surface area contributed by atoms with E-state index in [9.17, 15) is 0 Å². The van der Waals surface area contributed by atoms with Crippen molar-refractivity contribution in [1.82, 2.24) is 15.6 Å². The van der Waals surface area contributed by atoms with E-state index in [-0.39, 0.29) is 24.0 Å². The predicted molar refractivity (Wildman–Crippen MR) is 115 cm³/mol. The molecule has 4 nitrogen and oxygen atoms in total. The SMILES string of the molecule is CN=C(NCCc1ccccn1)NCC1CCCc2ccccc21.I. The number of rotatable bonds is 5. The molecule has 5 heteroatoms. The van der Waals surface area contributed by atoms with Gasteiger partial charge in [0, 0.05) is 44.4 Å². The van der Waals surface area contributed by atoms with Crippen LogP contribution in [-0.4, -0.2) is 31.1 Å². The van der Waals surface area contributed by atoms with Crippen molar-refractivity contribution in [2.45, 2.75) is 31.6 Å². The Hall–Kier alpha value is -1.63. The largest absolute Gasteiger partial charge is 0.356 e. The van der Waals surface area contributed by atoms with Crippen molar-refractivity contribution in [3.05, 3.63) is 65.5 Å². The summed E-state index contributed by atoms with van der Waals surface area (Å²) >= 11 is 0. The number of aliphatic imine (C=N–C) groups is 1. The van der Waals surface area contributed by atoms with Gasteiger partial charge in [-0.25, -0.2) is 0 Å². The highest BCUT2D eigenvalue weighted by Crippen LogP contribution is 2.30. The Morgan fingerprint density at radius 3 is 2.80 bits per heavy atom. The molecular formula is C20H27IN4. The lowest BCUT2D eigenvalue weighted by atomic mass is 9.83. The van der Waals surface area contributed by atoms with Gasteiger partial charge in [-0.2, -0.15) is 0 Å². The van der Waals surface area contributed by atoms with E-state index in [1.165, 1.54) is 30.4 Å². The van der Waals surface area contributed by atoms with Crippen LogP contribution < -0.4 is 10.6 Å². The molecule has 1 aromatic carbocycles. The fourth-order valence-electron chi connectivity index (χ4n) is 3.36. The predicted octanol–water partition coefficient (Wildman–Crippen LogP) is 3.53. The van der Waals surface area contributed by atoms with E-state index in [0.717, 1.165) is 31.2 Å². The third-order valence-corrected chi connectivity index (χ3v) is 4.63. The fourth-order valence-corrected chi connectivity index (χ4v) is 3.36. The number of nitrogens with zero attached hydrogens (tertiary/aromatic N) is 2. The number of hydrogen-bond donors (Lipinski definition) is 2. The van der Waals surface area contributed by atoms with Gasteiger partial charge in [0.1, 0.15) is 0 Å². The second kappa shape index (κ2) is 10.4. The summed E-state index contributed by atoms with van der Waals surface area (Å²) in [5, 5.41) is 6.87. The molecule has 25 heavy (non-hydrogen) atoms. The van der Waals surface area contributed by atoms with E-state index in [0.29, 0.717) is 5.92 Å². The lowest BCUT2D eigenvalue weighted by Crippen LogP contribution is -2.40. The van der Waals surface area contributed by atoms with Crippen molar-refractivity contribution in [3.63, 3.8) is 0 Å². The number of aryl methyl sites for hydroxylation is 1. The standard InChI is InChI=1S/C20H26N4.HI/c1-21-20(23-14-12-18-10-4-5-13-22-18)24-15-17-9-6-8-16-7-2-3-11-19(16)17;/h2-5,7,10-11,13,17H,6,8-9,12,14-15H2,1H3,(H2,21,23,24);1H. The molecule has 134 valence electrons. The van der Waals surface area contributed by atoms with E-state index < -0.39 is 0 Å². The molecule has 0 saturated carbocycles. The number of guanidine groups is 1. The van der Waals surface area contributed by atoms with Gasteiger partial charge < -0.3 is 10.6 Å². The Bertz CT molecular complexity index is 672. The van der Waals surface area contributed by atoms with Gasteiger partial charge >= 0.3 is 0 Å². The molecule has 0 aliphatic heterocycles. The average Bonchev–Trinajstić information content (AvgIpc) is 2.65. The molecule has 0 spiro atoms. The highest BCUT2D eigenvalue weighted by atomic mass is 127. The number of hydrogen-bond acceptors (Lipinski definition) is 2. The molecule has 2 N–H and O–H groups in total. The minimum Gasteiger partial charge on any atom is -0.356 e. The number of pyridine rings is 1. The summed E-state index contributed by atoms with van der Waals surface area (Å²) in [7, 11) is 1.82. The first kappa shape index (κ1) is 19.7. The minimum atomic E-state index is 0. The Kier molecular flexibility index (Phi) is 8.18. The van der Waals surface area contributed by atoms with E-state index >= 15 is 0 Å². The molecule has 1 unspecified atom stereocenters. The van der Waals surface area contributed by atoms with Crippen molar-refractivity contribution in [1.29, 1.82) is 0 Å². The van der Waals surface area contributed by atoms with Crippen LogP contribution in [-0.2, 0) is 12.8 Å². The summed E-state index contributed by atoms with van der Waals surface area (Å²) in [5.74, 6) is 1.44. The summed E-state index contributed by atoms with van der Waals surface area (Å²) in [6.45, 7) is 1.76. The van der Waals surface area contributed by atoms with Crippen LogP contribution in [0.25, 0.3) is 0 Å². The average molecular weight is 450 g/mol. The molecule has 0 bridgehead atoms. The highest BCUT2D eigenvalue weighted by Gasteiger charge is 2.19. The molecule has 1 aromatic heterocycles. The van der Waals surface area contributed by atoms with Crippen LogP contribution in [0.15, 0.2) is 53.7 Å². The Labute approximate surface area is 167 Å². The minimum absolute atomic E-state index is 0. The van der Waals surface area contributed by atoms with Crippen LogP contribution in [0.1, 0.15) is 35.6 Å². The van der Waals surface area contributed by atoms with Gasteiger partial charge in [-0.05, 0) is 42.5 Å². The zero-order valence-electron chi connectivity index (χ0n) is 14.7. The van der Waals surface area contributed by atoms with Crippen molar-refractivity contribution in [2.24, 2.45) is 4.99 Å². The first-order chi connectivity index (χ1) is 11.9. The molecule has 1 atom stereocenters. The monoisotopic (exact) mass is 450 g/mol. The molecule has 3 rings (SSSR count). The van der Waals surface area contributed by atoms with Gasteiger partial charge in [0.2, 0.25) is 0 Å². The maximum Gasteiger partial charge on any atom is 0.191 e. The third-order valence-electron chi connectivity index (χ3n) is 4.63. The first-order valence-corrected chi connectivity index (χ1v) is 8.79. The Balaban J connectivity index is 0.00000225. The van der Waals surface area contributed by atoms with Gasteiger partial charge in [-0.1, -0.05) is 30.3 Å². The normalized spacial score (nSPS) is 16.5. The van der Waals surface area contributed by atoms with Gasteiger partial charge in [-0.3, -0.25) is 9.98 Å². The Morgan fingerprint density at radius 2 is 2.00 bits per heavy atom. The number of nitrogens with one attached hydrogen (secondary N) is 2. The summed E-state index contributed by atoms with van der Waals surface area (Å²) in [4.78, 5) is 8.68. The van der Waals surface area contributed by atoms with Gasteiger partial charge in [0.15, 0.2) is 5.96 Å². The third kappa shape index (κ3) is 5.70. The van der Waals surface area contributed by atoms with Crippen molar-refractivity contribution < 1.29 is 0 Å². The van der Waals surface area contributed by atoms with Crippen LogP contribution in [0, 0.1) is 0 Å². The van der Waals surface area contributed by atoms with E-state index in [1.54, 1.807) is 0 Å². The van der Waals surface area contributed by atoms with Crippen molar-refractivity contribution in [2.75, 3.05) is 20.1 Å². The summed E-state index contributed by atoms with van der Waals surface area (Å²) in [6, 6.07) is 14.9. The lowest BCUT2D eigenvalue weighted by molar-refractivity contribution is 0.539. The van der Waals surface area contributed by atoms with Crippen molar-refractivity contribution >= 4 is 29.9 Å². The second-order valence-electron chi connectivity index (χ2n) is 6.24. The molecule has 0 amide bonds. The van der Waals surface area contributed by atoms with Gasteiger partial charge in [0.05, 0.1) is 0 Å². The maximum absolute atomic E-state index is 4.35. The lowest BCUT2D eigenvalue weighted by Gasteiger charge is -2.26. The molecule has 1 aliphatic rings. The van der Waals surface area contributed by atoms with Crippen LogP contribution in [0.2, 0.25) is 0 Å². The quantitative estimate of drug-likeness (QED) is 0.417. The smallest absolute Gasteiger partial charge is 0.191 e. The van der Waals surface area contributed by atoms with Crippen molar-refractivity contribution in [3.8, 4) is 0 Å². The van der Waals surface area contributed by atoms with E-state index in [2.05, 4.69) is 50.9 Å². The number of halogens is 1. The maximum atomic E-state index is 4.35. The summed E-state index contributed by atoms with van der Waals surface area (Å²) in [5.41, 5.74) is 4.11. The number of aromatic nitrogens is 1. The van der Waals surface area contributed by atoms with Crippen LogP contribution in [0.5, 0.6) is 0 Å². The summed E-state index contributed by atoms with van der Waals surface area (Å²) in [6.07, 6.45) is 6.46. The topological polar surface area (TPSA) is 49.3 Å². The number of benzene rings is 1. The molecule has 1 aliphatic carbocycles. The van der Waals surface area contributed by atoms with Crippen LogP contribution in [0.3, 0.4) is 0 Å². The summed E-state index contributed by atoms with van der Waals surface area (Å²) < 4.78 is 0. The molecule has 0 radical (unpaired) electrons. The van der Waals surface area contributed by atoms with Gasteiger partial charge in [0.25, 0.3) is 0 Å². The van der Waals surface area contributed by atoms with Gasteiger partial charge in [-0.15, -0.1) is 24.0 Å². The first-order valence-electron chi connectivity index (χ1n) is 8.79. The molecular weight excluding hydrogens is 423 g/mol. The molecule has 1 heterocycles.